The maximum atomic E-state index is 6.09. The van der Waals surface area contributed by atoms with Gasteiger partial charge in [0.1, 0.15) is 5.75 Å². The fourth-order valence-electron chi connectivity index (χ4n) is 2.54. The molecule has 0 aliphatic carbocycles. The van der Waals surface area contributed by atoms with Crippen LogP contribution in [0.25, 0.3) is 0 Å². The quantitative estimate of drug-likeness (QED) is 0.447. The number of hydrogen-bond donors (Lipinski definition) is 0. The summed E-state index contributed by atoms with van der Waals surface area (Å²) in [6, 6.07) is 15.4. The lowest BCUT2D eigenvalue weighted by atomic mass is 10.2. The lowest BCUT2D eigenvalue weighted by Gasteiger charge is -2.15. The van der Waals surface area contributed by atoms with E-state index in [4.69, 9.17) is 27.9 Å². The molecular formula is C19H19Cl2N3OS. The average Bonchev–Trinajstić information content (AvgIpc) is 3.06. The van der Waals surface area contributed by atoms with Gasteiger partial charge in [-0.15, -0.1) is 10.2 Å². The van der Waals surface area contributed by atoms with Crippen LogP contribution in [0.15, 0.2) is 53.7 Å². The predicted molar refractivity (Wildman–Crippen MR) is 107 cm³/mol. The highest BCUT2D eigenvalue weighted by Gasteiger charge is 2.18. The second-order valence-corrected chi connectivity index (χ2v) is 7.45. The highest BCUT2D eigenvalue weighted by Crippen LogP contribution is 2.29. The summed E-state index contributed by atoms with van der Waals surface area (Å²) < 4.78 is 8.06. The van der Waals surface area contributed by atoms with Gasteiger partial charge in [-0.1, -0.05) is 59.2 Å². The molecule has 0 spiro atoms. The third-order valence-electron chi connectivity index (χ3n) is 3.83. The van der Waals surface area contributed by atoms with E-state index in [-0.39, 0.29) is 6.10 Å². The highest BCUT2D eigenvalue weighted by atomic mass is 35.5. The maximum Gasteiger partial charge on any atom is 0.191 e. The molecule has 3 rings (SSSR count). The minimum atomic E-state index is -0.191. The van der Waals surface area contributed by atoms with E-state index in [1.165, 1.54) is 0 Å². The fraction of sp³-hybridized carbons (Fsp3) is 0.263. The summed E-state index contributed by atoms with van der Waals surface area (Å²) in [4.78, 5) is 0. The minimum absolute atomic E-state index is 0.191. The van der Waals surface area contributed by atoms with Crippen LogP contribution in [0, 0.1) is 0 Å². The van der Waals surface area contributed by atoms with Crippen LogP contribution in [0.1, 0.15) is 31.3 Å². The monoisotopic (exact) mass is 407 g/mol. The molecular weight excluding hydrogens is 389 g/mol. The fourth-order valence-corrected chi connectivity index (χ4v) is 3.81. The molecule has 4 nitrogen and oxygen atoms in total. The Balaban J connectivity index is 1.72. The van der Waals surface area contributed by atoms with Gasteiger partial charge in [0.05, 0.1) is 10.0 Å². The normalized spacial score (nSPS) is 12.2. The zero-order valence-corrected chi connectivity index (χ0v) is 16.9. The molecule has 0 aliphatic rings. The zero-order chi connectivity index (χ0) is 18.5. The van der Waals surface area contributed by atoms with Crippen molar-refractivity contribution in [3.63, 3.8) is 0 Å². The average molecular weight is 408 g/mol. The summed E-state index contributed by atoms with van der Waals surface area (Å²) >= 11 is 13.7. The molecule has 136 valence electrons. The molecule has 0 unspecified atom stereocenters. The number of para-hydroxylation sites is 1. The van der Waals surface area contributed by atoms with Gasteiger partial charge in [-0.3, -0.25) is 0 Å². The van der Waals surface area contributed by atoms with Crippen molar-refractivity contribution in [1.82, 2.24) is 14.8 Å². The molecule has 3 aromatic rings. The van der Waals surface area contributed by atoms with Crippen molar-refractivity contribution in [3.8, 4) is 5.75 Å². The molecule has 2 aromatic carbocycles. The molecule has 0 radical (unpaired) electrons. The van der Waals surface area contributed by atoms with Crippen LogP contribution >= 0.6 is 35.0 Å². The zero-order valence-electron chi connectivity index (χ0n) is 14.5. The summed E-state index contributed by atoms with van der Waals surface area (Å²) in [6.07, 6.45) is -0.191. The molecule has 1 atom stereocenters. The van der Waals surface area contributed by atoms with Crippen LogP contribution in [0.3, 0.4) is 0 Å². The van der Waals surface area contributed by atoms with Crippen LogP contribution < -0.4 is 4.74 Å². The number of halogens is 2. The lowest BCUT2D eigenvalue weighted by Crippen LogP contribution is -2.11. The summed E-state index contributed by atoms with van der Waals surface area (Å²) in [7, 11) is 0. The molecule has 0 amide bonds. The molecule has 26 heavy (non-hydrogen) atoms. The van der Waals surface area contributed by atoms with Crippen LogP contribution in [0.2, 0.25) is 10.0 Å². The van der Waals surface area contributed by atoms with Crippen molar-refractivity contribution in [3.05, 3.63) is 70.0 Å². The second kappa shape index (κ2) is 8.80. The molecule has 0 saturated carbocycles. The number of nitrogens with zero attached hydrogens (tertiary/aromatic N) is 3. The van der Waals surface area contributed by atoms with Gasteiger partial charge in [-0.2, -0.15) is 0 Å². The van der Waals surface area contributed by atoms with Crippen molar-refractivity contribution < 1.29 is 4.74 Å². The first-order valence-electron chi connectivity index (χ1n) is 8.30. The smallest absolute Gasteiger partial charge is 0.191 e. The Morgan fingerprint density at radius 3 is 2.54 bits per heavy atom. The summed E-state index contributed by atoms with van der Waals surface area (Å²) in [5.74, 6) is 2.37. The Labute approximate surface area is 167 Å². The van der Waals surface area contributed by atoms with Gasteiger partial charge in [0, 0.05) is 12.3 Å². The molecule has 7 heteroatoms. The third-order valence-corrected chi connectivity index (χ3v) is 5.61. The first kappa shape index (κ1) is 19.1. The first-order valence-corrected chi connectivity index (χ1v) is 10.0. The summed E-state index contributed by atoms with van der Waals surface area (Å²) in [5.41, 5.74) is 1.09. The molecule has 1 aromatic heterocycles. The van der Waals surface area contributed by atoms with Crippen LogP contribution in [0.4, 0.5) is 0 Å². The van der Waals surface area contributed by atoms with Crippen molar-refractivity contribution in [1.29, 1.82) is 0 Å². The lowest BCUT2D eigenvalue weighted by molar-refractivity contribution is 0.210. The van der Waals surface area contributed by atoms with E-state index in [9.17, 15) is 0 Å². The van der Waals surface area contributed by atoms with E-state index in [2.05, 4.69) is 21.7 Å². The van der Waals surface area contributed by atoms with E-state index in [0.717, 1.165) is 34.6 Å². The number of aromatic nitrogens is 3. The number of ether oxygens (including phenoxy) is 1. The minimum Gasteiger partial charge on any atom is -0.483 e. The highest BCUT2D eigenvalue weighted by molar-refractivity contribution is 7.98. The van der Waals surface area contributed by atoms with E-state index >= 15 is 0 Å². The Morgan fingerprint density at radius 2 is 1.85 bits per heavy atom. The Bertz CT molecular complexity index is 870. The van der Waals surface area contributed by atoms with E-state index < -0.39 is 0 Å². The van der Waals surface area contributed by atoms with Crippen LogP contribution in [0.5, 0.6) is 5.75 Å². The Kier molecular flexibility index (Phi) is 6.46. The van der Waals surface area contributed by atoms with Crippen LogP contribution in [-0.2, 0) is 12.3 Å². The Morgan fingerprint density at radius 1 is 1.08 bits per heavy atom. The van der Waals surface area contributed by atoms with Gasteiger partial charge in [-0.25, -0.2) is 0 Å². The first-order chi connectivity index (χ1) is 12.6. The van der Waals surface area contributed by atoms with E-state index in [1.807, 2.05) is 55.5 Å². The number of hydrogen-bond acceptors (Lipinski definition) is 4. The van der Waals surface area contributed by atoms with Crippen molar-refractivity contribution in [2.75, 3.05) is 0 Å². The largest absolute Gasteiger partial charge is 0.483 e. The summed E-state index contributed by atoms with van der Waals surface area (Å²) in [6.45, 7) is 4.83. The van der Waals surface area contributed by atoms with Crippen molar-refractivity contribution >= 4 is 35.0 Å². The maximum absolute atomic E-state index is 6.09. The van der Waals surface area contributed by atoms with Gasteiger partial charge < -0.3 is 9.30 Å². The SMILES string of the molecule is CCn1c(SCc2ccc(Cl)c(Cl)c2)nnc1[C@H](C)Oc1ccccc1. The number of rotatable bonds is 7. The standard InChI is InChI=1S/C19H19Cl2N3OS/c1-3-24-18(13(2)25-15-7-5-4-6-8-15)22-23-19(24)26-12-14-9-10-16(20)17(21)11-14/h4-11,13H,3,12H2,1-2H3/t13-/m0/s1. The van der Waals surface area contributed by atoms with Gasteiger partial charge in [0.25, 0.3) is 0 Å². The second-order valence-electron chi connectivity index (χ2n) is 5.70. The van der Waals surface area contributed by atoms with E-state index in [1.54, 1.807) is 11.8 Å². The molecule has 1 heterocycles. The molecule has 0 fully saturated rings. The van der Waals surface area contributed by atoms with Gasteiger partial charge in [0.15, 0.2) is 17.1 Å². The van der Waals surface area contributed by atoms with Gasteiger partial charge >= 0.3 is 0 Å². The van der Waals surface area contributed by atoms with Crippen molar-refractivity contribution in [2.45, 2.75) is 37.4 Å². The molecule has 0 aliphatic heterocycles. The topological polar surface area (TPSA) is 39.9 Å². The molecule has 0 saturated heterocycles. The predicted octanol–water partition coefficient (Wildman–Crippen LogP) is 6.04. The molecule has 0 N–H and O–H groups in total. The van der Waals surface area contributed by atoms with Gasteiger partial charge in [-0.05, 0) is 43.7 Å². The number of thioether (sulfide) groups is 1. The third kappa shape index (κ3) is 4.53. The van der Waals surface area contributed by atoms with Gasteiger partial charge in [0.2, 0.25) is 0 Å². The Hall–Kier alpha value is -1.69. The molecule has 0 bridgehead atoms. The van der Waals surface area contributed by atoms with Crippen LogP contribution in [-0.4, -0.2) is 14.8 Å². The number of benzene rings is 2. The van der Waals surface area contributed by atoms with E-state index in [0.29, 0.717) is 10.0 Å². The summed E-state index contributed by atoms with van der Waals surface area (Å²) in [5, 5.41) is 10.7. The van der Waals surface area contributed by atoms with Crippen molar-refractivity contribution in [2.24, 2.45) is 0 Å².